The Hall–Kier alpha value is -1.89. The molecule has 2 N–H and O–H groups in total. The largest absolute Gasteiger partial charge is 0.466 e. The molecule has 1 aliphatic heterocycles. The fourth-order valence-electron chi connectivity index (χ4n) is 4.40. The predicted molar refractivity (Wildman–Crippen MR) is 105 cm³/mol. The van der Waals surface area contributed by atoms with Gasteiger partial charge in [-0.25, -0.2) is 0 Å². The van der Waals surface area contributed by atoms with E-state index in [0.717, 1.165) is 19.3 Å². The van der Waals surface area contributed by atoms with Gasteiger partial charge in [0.25, 0.3) is 0 Å². The lowest BCUT2D eigenvalue weighted by Gasteiger charge is -2.32. The van der Waals surface area contributed by atoms with Crippen LogP contribution in [0.5, 0.6) is 0 Å². The van der Waals surface area contributed by atoms with Crippen LogP contribution in [0, 0.1) is 23.7 Å². The number of likely N-dealkylation sites (tertiary alicyclic amines) is 1. The highest BCUT2D eigenvalue weighted by molar-refractivity contribution is 5.96. The molecular weight excluding hydrogens is 360 g/mol. The summed E-state index contributed by atoms with van der Waals surface area (Å²) in [7, 11) is 0. The summed E-state index contributed by atoms with van der Waals surface area (Å²) in [5, 5.41) is 12.6. The van der Waals surface area contributed by atoms with E-state index in [4.69, 9.17) is 4.74 Å². The molecule has 28 heavy (non-hydrogen) atoms. The second-order valence-corrected chi connectivity index (χ2v) is 7.85. The molecule has 0 aromatic carbocycles. The number of hydrogen-bond acceptors (Lipinski definition) is 5. The van der Waals surface area contributed by atoms with Gasteiger partial charge in [-0.15, -0.1) is 0 Å². The number of unbranched alkanes of at least 4 members (excludes halogenated alkanes) is 2. The number of esters is 1. The number of rotatable bonds is 9. The van der Waals surface area contributed by atoms with Crippen LogP contribution in [0.15, 0.2) is 12.2 Å². The summed E-state index contributed by atoms with van der Waals surface area (Å²) in [5.74, 6) is -2.69. The van der Waals surface area contributed by atoms with E-state index >= 15 is 0 Å². The maximum absolute atomic E-state index is 13.3. The second kappa shape index (κ2) is 10.0. The van der Waals surface area contributed by atoms with Crippen molar-refractivity contribution < 1.29 is 24.2 Å². The first-order valence-electron chi connectivity index (χ1n) is 10.4. The number of carbonyl (C=O) groups excluding carboxylic acids is 3. The van der Waals surface area contributed by atoms with Gasteiger partial charge in [-0.1, -0.05) is 38.8 Å². The third-order valence-electron chi connectivity index (χ3n) is 5.85. The number of fused-ring (bicyclic) bond motifs is 1. The van der Waals surface area contributed by atoms with Gasteiger partial charge >= 0.3 is 5.97 Å². The van der Waals surface area contributed by atoms with Crippen LogP contribution in [0.4, 0.5) is 0 Å². The van der Waals surface area contributed by atoms with Crippen LogP contribution in [0.1, 0.15) is 47.0 Å². The molecule has 1 aliphatic carbocycles. The number of ether oxygens (including phenoxy) is 1. The molecule has 0 radical (unpaired) electrons. The molecule has 2 aliphatic rings. The third kappa shape index (κ3) is 4.40. The Morgan fingerprint density at radius 2 is 2.00 bits per heavy atom. The van der Waals surface area contributed by atoms with Crippen LogP contribution < -0.4 is 5.32 Å². The summed E-state index contributed by atoms with van der Waals surface area (Å²) < 4.78 is 5.22. The monoisotopic (exact) mass is 394 g/mol. The van der Waals surface area contributed by atoms with Crippen LogP contribution in [0.25, 0.3) is 0 Å². The second-order valence-electron chi connectivity index (χ2n) is 7.85. The molecule has 0 bridgehead atoms. The SMILES string of the molecule is CCCCCNC(=O)[C@@H]1[C@H]2C=C[C@@H](C)[C@@H](C(=O)OCC)[C@@H]2C(=O)N1[C@H](C)CO. The smallest absolute Gasteiger partial charge is 0.310 e. The molecule has 1 saturated heterocycles. The Morgan fingerprint density at radius 1 is 1.29 bits per heavy atom. The molecule has 158 valence electrons. The molecule has 0 saturated carbocycles. The van der Waals surface area contributed by atoms with Crippen LogP contribution >= 0.6 is 0 Å². The van der Waals surface area contributed by atoms with E-state index in [-0.39, 0.29) is 30.9 Å². The zero-order valence-electron chi connectivity index (χ0n) is 17.4. The molecule has 1 heterocycles. The van der Waals surface area contributed by atoms with E-state index in [1.165, 1.54) is 4.90 Å². The molecule has 7 nitrogen and oxygen atoms in total. The van der Waals surface area contributed by atoms with Gasteiger partial charge < -0.3 is 20.1 Å². The lowest BCUT2D eigenvalue weighted by molar-refractivity contribution is -0.155. The Labute approximate surface area is 167 Å². The molecule has 0 aromatic heterocycles. The van der Waals surface area contributed by atoms with Gasteiger partial charge in [0, 0.05) is 12.5 Å². The van der Waals surface area contributed by atoms with Crippen LogP contribution in [0.3, 0.4) is 0 Å². The molecule has 7 heteroatoms. The highest BCUT2D eigenvalue weighted by Crippen LogP contribution is 2.44. The number of hydrogen-bond donors (Lipinski definition) is 2. The minimum atomic E-state index is -0.720. The van der Waals surface area contributed by atoms with E-state index in [1.807, 2.05) is 19.1 Å². The first kappa shape index (κ1) is 22.4. The van der Waals surface area contributed by atoms with Gasteiger partial charge in [0.05, 0.1) is 31.1 Å². The topological polar surface area (TPSA) is 95.9 Å². The summed E-state index contributed by atoms with van der Waals surface area (Å²) >= 11 is 0. The van der Waals surface area contributed by atoms with E-state index in [9.17, 15) is 19.5 Å². The minimum absolute atomic E-state index is 0.151. The first-order chi connectivity index (χ1) is 13.4. The van der Waals surface area contributed by atoms with Crippen molar-refractivity contribution in [2.24, 2.45) is 23.7 Å². The Balaban J connectivity index is 2.32. The van der Waals surface area contributed by atoms with Crippen molar-refractivity contribution in [3.8, 4) is 0 Å². The Morgan fingerprint density at radius 3 is 2.61 bits per heavy atom. The Bertz CT molecular complexity index is 606. The van der Waals surface area contributed by atoms with E-state index in [1.54, 1.807) is 13.8 Å². The number of aliphatic hydroxyl groups is 1. The fraction of sp³-hybridized carbons (Fsp3) is 0.762. The zero-order valence-corrected chi connectivity index (χ0v) is 17.4. The van der Waals surface area contributed by atoms with E-state index in [0.29, 0.717) is 6.54 Å². The van der Waals surface area contributed by atoms with Crippen LogP contribution in [-0.2, 0) is 19.1 Å². The van der Waals surface area contributed by atoms with Gasteiger partial charge in [-0.05, 0) is 26.2 Å². The van der Waals surface area contributed by atoms with Crippen molar-refractivity contribution >= 4 is 17.8 Å². The maximum Gasteiger partial charge on any atom is 0.310 e. The number of carbonyl (C=O) groups is 3. The van der Waals surface area contributed by atoms with Crippen LogP contribution in [0.2, 0.25) is 0 Å². The van der Waals surface area contributed by atoms with E-state index < -0.39 is 35.8 Å². The highest BCUT2D eigenvalue weighted by Gasteiger charge is 2.57. The lowest BCUT2D eigenvalue weighted by Crippen LogP contribution is -2.51. The van der Waals surface area contributed by atoms with Crippen molar-refractivity contribution in [1.82, 2.24) is 10.2 Å². The third-order valence-corrected chi connectivity index (χ3v) is 5.85. The molecule has 1 fully saturated rings. The fourth-order valence-corrected chi connectivity index (χ4v) is 4.40. The lowest BCUT2D eigenvalue weighted by atomic mass is 9.70. The normalized spacial score (nSPS) is 30.1. The van der Waals surface area contributed by atoms with Crippen molar-refractivity contribution in [2.45, 2.75) is 59.0 Å². The average molecular weight is 395 g/mol. The molecular formula is C21H34N2O5. The number of amides is 2. The Kier molecular flexibility index (Phi) is 8.04. The van der Waals surface area contributed by atoms with Crippen molar-refractivity contribution in [2.75, 3.05) is 19.8 Å². The first-order valence-corrected chi connectivity index (χ1v) is 10.4. The number of nitrogens with zero attached hydrogens (tertiary/aromatic N) is 1. The van der Waals surface area contributed by atoms with Crippen LogP contribution in [-0.4, -0.2) is 59.6 Å². The van der Waals surface area contributed by atoms with Crippen molar-refractivity contribution in [3.05, 3.63) is 12.2 Å². The van der Waals surface area contributed by atoms with E-state index in [2.05, 4.69) is 12.2 Å². The number of nitrogens with one attached hydrogen (secondary N) is 1. The highest BCUT2D eigenvalue weighted by atomic mass is 16.5. The van der Waals surface area contributed by atoms with Gasteiger partial charge in [0.15, 0.2) is 0 Å². The average Bonchev–Trinajstić information content (AvgIpc) is 2.97. The summed E-state index contributed by atoms with van der Waals surface area (Å²) in [5.41, 5.74) is 0. The predicted octanol–water partition coefficient (Wildman–Crippen LogP) is 1.50. The summed E-state index contributed by atoms with van der Waals surface area (Å²) in [6, 6.07) is -1.22. The molecule has 0 spiro atoms. The molecule has 0 unspecified atom stereocenters. The standard InChI is InChI=1S/C21H34N2O5/c1-5-7-8-11-22-19(25)18-15-10-9-13(3)16(21(27)28-6-2)17(15)20(26)23(18)14(4)12-24/h9-10,13-18,24H,5-8,11-12H2,1-4H3,(H,22,25)/t13-,14-,15+,16-,17-,18+/m1/s1. The van der Waals surface area contributed by atoms with Gasteiger partial charge in [-0.2, -0.15) is 0 Å². The maximum atomic E-state index is 13.3. The van der Waals surface area contributed by atoms with Crippen molar-refractivity contribution in [3.63, 3.8) is 0 Å². The number of aliphatic hydroxyl groups excluding tert-OH is 1. The van der Waals surface area contributed by atoms with Gasteiger partial charge in [0.1, 0.15) is 6.04 Å². The van der Waals surface area contributed by atoms with Crippen molar-refractivity contribution in [1.29, 1.82) is 0 Å². The zero-order chi connectivity index (χ0) is 20.8. The summed E-state index contributed by atoms with van der Waals surface area (Å²) in [4.78, 5) is 40.3. The van der Waals surface area contributed by atoms with Gasteiger partial charge in [-0.3, -0.25) is 14.4 Å². The van der Waals surface area contributed by atoms with Gasteiger partial charge in [0.2, 0.25) is 11.8 Å². The quantitative estimate of drug-likeness (QED) is 0.351. The summed E-state index contributed by atoms with van der Waals surface area (Å²) in [6.07, 6.45) is 6.75. The summed E-state index contributed by atoms with van der Waals surface area (Å²) in [6.45, 7) is 8.00. The molecule has 2 rings (SSSR count). The minimum Gasteiger partial charge on any atom is -0.466 e. The number of allylic oxidation sites excluding steroid dienone is 1. The molecule has 2 amide bonds. The molecule has 0 aromatic rings. The molecule has 6 atom stereocenters.